The maximum atomic E-state index is 12.6. The number of halogens is 4. The second-order valence-electron chi connectivity index (χ2n) is 5.84. The van der Waals surface area contributed by atoms with Gasteiger partial charge in [0.25, 0.3) is 15.7 Å². The van der Waals surface area contributed by atoms with E-state index in [0.717, 1.165) is 24.3 Å². The molecule has 0 aliphatic rings. The summed E-state index contributed by atoms with van der Waals surface area (Å²) in [5.74, 6) is -0.629. The van der Waals surface area contributed by atoms with Crippen molar-refractivity contribution in [2.75, 3.05) is 5.32 Å². The van der Waals surface area contributed by atoms with Crippen LogP contribution in [-0.2, 0) is 9.84 Å². The summed E-state index contributed by atoms with van der Waals surface area (Å²) in [6.07, 6.45) is 1.59. The number of hydrogen-bond acceptors (Lipinski definition) is 4. The number of benzene rings is 2. The number of hydrogen-bond donors (Lipinski definition) is 1. The number of pyridine rings is 1. The number of anilines is 1. The summed E-state index contributed by atoms with van der Waals surface area (Å²) in [4.78, 5) is 15.6. The third-order valence-electron chi connectivity index (χ3n) is 3.90. The van der Waals surface area contributed by atoms with Crippen molar-refractivity contribution in [3.8, 4) is 11.3 Å². The van der Waals surface area contributed by atoms with E-state index in [1.165, 1.54) is 0 Å². The monoisotopic (exact) mass is 440 g/mol. The van der Waals surface area contributed by atoms with Crippen molar-refractivity contribution < 1.29 is 26.4 Å². The molecule has 0 aliphatic carbocycles. The Morgan fingerprint density at radius 2 is 1.69 bits per heavy atom. The summed E-state index contributed by atoms with van der Waals surface area (Å²) in [5, 5.41) is 3.01. The molecule has 0 aliphatic heterocycles. The lowest BCUT2D eigenvalue weighted by atomic mass is 10.1. The number of nitrogens with one attached hydrogen (secondary N) is 1. The average Bonchev–Trinajstić information content (AvgIpc) is 2.69. The molecule has 29 heavy (non-hydrogen) atoms. The van der Waals surface area contributed by atoms with E-state index in [9.17, 15) is 26.4 Å². The van der Waals surface area contributed by atoms with Gasteiger partial charge in [0.05, 0.1) is 15.6 Å². The lowest BCUT2D eigenvalue weighted by molar-refractivity contribution is -0.0436. The maximum absolute atomic E-state index is 12.6. The third-order valence-corrected chi connectivity index (χ3v) is 5.73. The second-order valence-corrected chi connectivity index (χ2v) is 8.19. The molecule has 0 bridgehead atoms. The molecule has 3 rings (SSSR count). The van der Waals surface area contributed by atoms with Gasteiger partial charge in [0.2, 0.25) is 0 Å². The third kappa shape index (κ3) is 4.41. The molecule has 3 aromatic rings. The van der Waals surface area contributed by atoms with Gasteiger partial charge in [-0.05, 0) is 54.6 Å². The summed E-state index contributed by atoms with van der Waals surface area (Å²) in [7, 11) is -5.47. The van der Waals surface area contributed by atoms with Crippen LogP contribution in [0.3, 0.4) is 0 Å². The Morgan fingerprint density at radius 3 is 2.28 bits per heavy atom. The molecule has 2 aromatic carbocycles. The minimum atomic E-state index is -5.47. The molecule has 0 saturated carbocycles. The number of amides is 1. The van der Waals surface area contributed by atoms with Crippen LogP contribution in [-0.4, -0.2) is 24.8 Å². The van der Waals surface area contributed by atoms with Crippen LogP contribution < -0.4 is 5.32 Å². The minimum Gasteiger partial charge on any atom is -0.322 e. The van der Waals surface area contributed by atoms with Crippen LogP contribution in [0.5, 0.6) is 0 Å². The number of nitrogens with zero attached hydrogens (tertiary/aromatic N) is 1. The van der Waals surface area contributed by atoms with Gasteiger partial charge >= 0.3 is 5.51 Å². The number of alkyl halides is 3. The van der Waals surface area contributed by atoms with Gasteiger partial charge in [0.15, 0.2) is 0 Å². The second kappa shape index (κ2) is 7.84. The number of rotatable bonds is 4. The van der Waals surface area contributed by atoms with E-state index in [0.29, 0.717) is 22.0 Å². The van der Waals surface area contributed by atoms with E-state index >= 15 is 0 Å². The smallest absolute Gasteiger partial charge is 0.322 e. The molecule has 5 nitrogen and oxygen atoms in total. The van der Waals surface area contributed by atoms with Crippen LogP contribution in [0.4, 0.5) is 18.9 Å². The number of carbonyl (C=O) groups excluding carboxylic acids is 1. The highest BCUT2D eigenvalue weighted by Gasteiger charge is 2.46. The van der Waals surface area contributed by atoms with Gasteiger partial charge in [-0.25, -0.2) is 8.42 Å². The van der Waals surface area contributed by atoms with Gasteiger partial charge < -0.3 is 5.32 Å². The minimum absolute atomic E-state index is 0.0135. The molecule has 150 valence electrons. The summed E-state index contributed by atoms with van der Waals surface area (Å²) in [5.41, 5.74) is -3.87. The van der Waals surface area contributed by atoms with Gasteiger partial charge in [-0.1, -0.05) is 17.7 Å². The molecular weight excluding hydrogens is 429 g/mol. The van der Waals surface area contributed by atoms with Crippen LogP contribution in [0.1, 0.15) is 10.4 Å². The van der Waals surface area contributed by atoms with Gasteiger partial charge in [-0.15, -0.1) is 0 Å². The van der Waals surface area contributed by atoms with E-state index in [-0.39, 0.29) is 5.56 Å². The Bertz CT molecular complexity index is 1150. The summed E-state index contributed by atoms with van der Waals surface area (Å²) in [6, 6.07) is 13.5. The molecule has 0 fully saturated rings. The number of carbonyl (C=O) groups is 1. The van der Waals surface area contributed by atoms with Crippen molar-refractivity contribution in [3.63, 3.8) is 0 Å². The fourth-order valence-electron chi connectivity index (χ4n) is 2.44. The van der Waals surface area contributed by atoms with E-state index in [4.69, 9.17) is 11.6 Å². The van der Waals surface area contributed by atoms with Crippen molar-refractivity contribution in [1.29, 1.82) is 0 Å². The van der Waals surface area contributed by atoms with E-state index in [2.05, 4.69) is 10.3 Å². The lowest BCUT2D eigenvalue weighted by Crippen LogP contribution is -2.23. The molecule has 1 N–H and O–H groups in total. The predicted octanol–water partition coefficient (Wildman–Crippen LogP) is 4.95. The Balaban J connectivity index is 1.83. The lowest BCUT2D eigenvalue weighted by Gasteiger charge is -2.10. The molecule has 1 amide bonds. The van der Waals surface area contributed by atoms with Crippen molar-refractivity contribution in [2.24, 2.45) is 0 Å². The Kier molecular flexibility index (Phi) is 5.63. The molecule has 0 unspecified atom stereocenters. The molecule has 0 saturated heterocycles. The summed E-state index contributed by atoms with van der Waals surface area (Å²) >= 11 is 6.18. The summed E-state index contributed by atoms with van der Waals surface area (Å²) in [6.45, 7) is 0. The summed E-state index contributed by atoms with van der Waals surface area (Å²) < 4.78 is 60.6. The van der Waals surface area contributed by atoms with Crippen LogP contribution in [0, 0.1) is 0 Å². The molecule has 0 spiro atoms. The highest BCUT2D eigenvalue weighted by Crippen LogP contribution is 2.31. The van der Waals surface area contributed by atoms with E-state index < -0.39 is 26.1 Å². The van der Waals surface area contributed by atoms with Gasteiger partial charge in [-0.2, -0.15) is 13.2 Å². The standard InChI is InChI=1S/C19H12ClF3N2O3S/c20-16-9-6-13(11-15(16)17-3-1-2-10-24-17)25-18(26)12-4-7-14(8-5-12)29(27,28)19(21,22)23/h1-11H,(H,25,26). The SMILES string of the molecule is O=C(Nc1ccc(Cl)c(-c2ccccn2)c1)c1ccc(S(=O)(=O)C(F)(F)F)cc1. The zero-order valence-corrected chi connectivity index (χ0v) is 16.0. The molecule has 0 atom stereocenters. The van der Waals surface area contributed by atoms with Crippen LogP contribution in [0.25, 0.3) is 11.3 Å². The maximum Gasteiger partial charge on any atom is 0.501 e. The highest BCUT2D eigenvalue weighted by molar-refractivity contribution is 7.92. The van der Waals surface area contributed by atoms with Crippen LogP contribution in [0.15, 0.2) is 71.8 Å². The largest absolute Gasteiger partial charge is 0.501 e. The Labute approximate surface area is 169 Å². The predicted molar refractivity (Wildman–Crippen MR) is 102 cm³/mol. The first-order valence-electron chi connectivity index (χ1n) is 8.03. The molecular formula is C19H12ClF3N2O3S. The van der Waals surface area contributed by atoms with Gasteiger partial charge in [0, 0.05) is 23.0 Å². The van der Waals surface area contributed by atoms with Crippen molar-refractivity contribution >= 4 is 33.0 Å². The van der Waals surface area contributed by atoms with Crippen molar-refractivity contribution in [1.82, 2.24) is 4.98 Å². The molecule has 1 heterocycles. The zero-order valence-electron chi connectivity index (χ0n) is 14.4. The molecule has 10 heteroatoms. The van der Waals surface area contributed by atoms with Crippen molar-refractivity contribution in [2.45, 2.75) is 10.4 Å². The quantitative estimate of drug-likeness (QED) is 0.623. The highest BCUT2D eigenvalue weighted by atomic mass is 35.5. The normalized spacial score (nSPS) is 11.9. The fourth-order valence-corrected chi connectivity index (χ4v) is 3.42. The fraction of sp³-hybridized carbons (Fsp3) is 0.0526. The van der Waals surface area contributed by atoms with Crippen LogP contribution in [0.2, 0.25) is 5.02 Å². The first-order valence-corrected chi connectivity index (χ1v) is 9.89. The Hall–Kier alpha value is -2.91. The van der Waals surface area contributed by atoms with E-state index in [1.54, 1.807) is 42.6 Å². The van der Waals surface area contributed by atoms with Gasteiger partial charge in [0.1, 0.15) is 0 Å². The topological polar surface area (TPSA) is 76.1 Å². The molecule has 0 radical (unpaired) electrons. The van der Waals surface area contributed by atoms with E-state index in [1.807, 2.05) is 0 Å². The zero-order chi connectivity index (χ0) is 21.2. The molecule has 1 aromatic heterocycles. The number of sulfone groups is 1. The van der Waals surface area contributed by atoms with Crippen LogP contribution >= 0.6 is 11.6 Å². The first kappa shape index (κ1) is 20.8. The van der Waals surface area contributed by atoms with Crippen molar-refractivity contribution in [3.05, 3.63) is 77.4 Å². The first-order chi connectivity index (χ1) is 13.6. The average molecular weight is 441 g/mol. The number of aromatic nitrogens is 1. The van der Waals surface area contributed by atoms with Gasteiger partial charge in [-0.3, -0.25) is 9.78 Å². The Morgan fingerprint density at radius 1 is 1.00 bits per heavy atom.